The summed E-state index contributed by atoms with van der Waals surface area (Å²) in [6.07, 6.45) is 3.97. The Labute approximate surface area is 195 Å². The van der Waals surface area contributed by atoms with Crippen LogP contribution in [-0.2, 0) is 0 Å². The van der Waals surface area contributed by atoms with E-state index in [4.69, 9.17) is 9.72 Å². The van der Waals surface area contributed by atoms with Crippen LogP contribution in [0.3, 0.4) is 0 Å². The third kappa shape index (κ3) is 3.34. The molecule has 1 aromatic heterocycles. The normalized spacial score (nSPS) is 23.4. The molecule has 1 amide bonds. The Morgan fingerprint density at radius 1 is 1.21 bits per heavy atom. The van der Waals surface area contributed by atoms with Crippen LogP contribution in [0.4, 0.5) is 8.78 Å². The lowest BCUT2D eigenvalue weighted by Gasteiger charge is -2.24. The van der Waals surface area contributed by atoms with E-state index in [0.29, 0.717) is 17.5 Å². The van der Waals surface area contributed by atoms with Crippen molar-refractivity contribution in [2.24, 2.45) is 0 Å². The topological polar surface area (TPSA) is 59.4 Å². The molecule has 1 fully saturated rings. The molecule has 2 aromatic carbocycles. The van der Waals surface area contributed by atoms with Crippen LogP contribution in [0.5, 0.6) is 5.75 Å². The molecule has 6 rings (SSSR count). The quantitative estimate of drug-likeness (QED) is 0.579. The van der Waals surface area contributed by atoms with Gasteiger partial charge >= 0.3 is 6.61 Å². The summed E-state index contributed by atoms with van der Waals surface area (Å²) in [5.41, 5.74) is 3.43. The van der Waals surface area contributed by atoms with Crippen LogP contribution in [0.1, 0.15) is 65.1 Å². The average molecular weight is 463 g/mol. The van der Waals surface area contributed by atoms with E-state index in [-0.39, 0.29) is 29.8 Å². The molecule has 3 atom stereocenters. The number of alkyl halides is 2. The third-order valence-electron chi connectivity index (χ3n) is 7.11. The van der Waals surface area contributed by atoms with Crippen LogP contribution < -0.4 is 10.1 Å². The maximum atomic E-state index is 13.2. The van der Waals surface area contributed by atoms with Gasteiger partial charge in [-0.1, -0.05) is 17.9 Å². The molecule has 0 aliphatic carbocycles. The Hall–Kier alpha value is -3.44. The first-order valence-electron chi connectivity index (χ1n) is 11.6. The zero-order valence-electron chi connectivity index (χ0n) is 18.7. The van der Waals surface area contributed by atoms with Crippen molar-refractivity contribution < 1.29 is 18.3 Å². The number of fused-ring (bicyclic) bond motifs is 9. The fraction of sp³-hybridized carbons (Fsp3) is 0.385. The highest BCUT2D eigenvalue weighted by molar-refractivity contribution is 5.97. The van der Waals surface area contributed by atoms with E-state index >= 15 is 0 Å². The molecule has 3 aromatic rings. The second kappa shape index (κ2) is 8.10. The van der Waals surface area contributed by atoms with Crippen molar-refractivity contribution in [3.63, 3.8) is 0 Å². The maximum absolute atomic E-state index is 13.2. The summed E-state index contributed by atoms with van der Waals surface area (Å²) < 4.78 is 33.4. The van der Waals surface area contributed by atoms with E-state index in [2.05, 4.69) is 21.7 Å². The second-order valence-electron chi connectivity index (χ2n) is 9.09. The average Bonchev–Trinajstić information content (AvgIpc) is 3.36. The molecule has 1 saturated heterocycles. The van der Waals surface area contributed by atoms with E-state index < -0.39 is 6.61 Å². The maximum Gasteiger partial charge on any atom is 0.387 e. The predicted octanol–water partition coefficient (Wildman–Crippen LogP) is 4.25. The van der Waals surface area contributed by atoms with E-state index in [1.807, 2.05) is 18.2 Å². The van der Waals surface area contributed by atoms with Gasteiger partial charge in [-0.05, 0) is 56.1 Å². The van der Waals surface area contributed by atoms with Gasteiger partial charge in [-0.25, -0.2) is 4.98 Å². The third-order valence-corrected chi connectivity index (χ3v) is 7.11. The van der Waals surface area contributed by atoms with Gasteiger partial charge in [-0.2, -0.15) is 8.78 Å². The molecule has 6 nitrogen and oxygen atoms in total. The molecule has 3 aliphatic rings. The molecule has 3 aliphatic heterocycles. The van der Waals surface area contributed by atoms with E-state index in [0.717, 1.165) is 35.4 Å². The van der Waals surface area contributed by atoms with Crippen molar-refractivity contribution >= 4 is 16.9 Å². The van der Waals surface area contributed by atoms with Crippen LogP contribution in [0, 0.1) is 11.8 Å². The summed E-state index contributed by atoms with van der Waals surface area (Å²) in [6.45, 7) is -1.99. The standard InChI is InChI=1S/C26H24F2N4O2/c1-31-21-14-20(23-17(25(31)33)6-4-7-22(23)34-26(27)28)32-19-13-15(9-11-18(19)30-24(21)32)8-10-16-5-2-3-12-29-16/h4,6-7,9,11,13,16,20-21,26,29H,2-3,5,12,14H2,1H3. The molecule has 0 saturated carbocycles. The molecule has 3 unspecified atom stereocenters. The Morgan fingerprint density at radius 2 is 2.09 bits per heavy atom. The van der Waals surface area contributed by atoms with Crippen LogP contribution in [0.25, 0.3) is 11.0 Å². The summed E-state index contributed by atoms with van der Waals surface area (Å²) in [4.78, 5) is 19.7. The number of nitrogens with zero attached hydrogens (tertiary/aromatic N) is 3. The minimum absolute atomic E-state index is 0.0360. The molecule has 2 bridgehead atoms. The van der Waals surface area contributed by atoms with Crippen LogP contribution in [0.15, 0.2) is 36.4 Å². The molecule has 4 heterocycles. The van der Waals surface area contributed by atoms with Crippen molar-refractivity contribution in [1.82, 2.24) is 19.8 Å². The summed E-state index contributed by atoms with van der Waals surface area (Å²) in [6, 6.07) is 10.3. The lowest BCUT2D eigenvalue weighted by atomic mass is 9.97. The van der Waals surface area contributed by atoms with Gasteiger partial charge in [0.1, 0.15) is 11.6 Å². The molecule has 0 spiro atoms. The number of halogens is 2. The molecule has 8 heteroatoms. The molecular weight excluding hydrogens is 438 g/mol. The largest absolute Gasteiger partial charge is 0.434 e. The number of hydrogen-bond donors (Lipinski definition) is 1. The highest BCUT2D eigenvalue weighted by Gasteiger charge is 2.45. The van der Waals surface area contributed by atoms with Gasteiger partial charge in [0.15, 0.2) is 0 Å². The number of rotatable bonds is 2. The summed E-state index contributed by atoms with van der Waals surface area (Å²) in [5, 5.41) is 3.44. The number of carbonyl (C=O) groups excluding carboxylic acids is 1. The van der Waals surface area contributed by atoms with Gasteiger partial charge in [0.25, 0.3) is 5.91 Å². The highest BCUT2D eigenvalue weighted by atomic mass is 19.3. The van der Waals surface area contributed by atoms with Gasteiger partial charge in [-0.3, -0.25) is 4.79 Å². The summed E-state index contributed by atoms with van der Waals surface area (Å²) in [7, 11) is 1.74. The van der Waals surface area contributed by atoms with E-state index in [9.17, 15) is 13.6 Å². The van der Waals surface area contributed by atoms with Gasteiger partial charge in [0, 0.05) is 30.2 Å². The number of piperidine rings is 1. The smallest absolute Gasteiger partial charge is 0.387 e. The number of aromatic nitrogens is 2. The lowest BCUT2D eigenvalue weighted by Crippen LogP contribution is -2.32. The zero-order valence-corrected chi connectivity index (χ0v) is 18.7. The second-order valence-corrected chi connectivity index (χ2v) is 9.09. The van der Waals surface area contributed by atoms with Gasteiger partial charge in [-0.15, -0.1) is 0 Å². The fourth-order valence-electron chi connectivity index (χ4n) is 5.50. The summed E-state index contributed by atoms with van der Waals surface area (Å²) >= 11 is 0. The Bertz CT molecular complexity index is 1350. The molecule has 1 N–H and O–H groups in total. The number of imidazole rings is 1. The summed E-state index contributed by atoms with van der Waals surface area (Å²) in [5.74, 6) is 7.20. The van der Waals surface area contributed by atoms with Crippen molar-refractivity contribution in [2.45, 2.75) is 50.4 Å². The number of nitrogens with one attached hydrogen (secondary N) is 1. The van der Waals surface area contributed by atoms with E-state index in [1.165, 1.54) is 18.9 Å². The van der Waals surface area contributed by atoms with Crippen LogP contribution >= 0.6 is 0 Å². The van der Waals surface area contributed by atoms with Crippen molar-refractivity contribution in [1.29, 1.82) is 0 Å². The predicted molar refractivity (Wildman–Crippen MR) is 123 cm³/mol. The Morgan fingerprint density at radius 3 is 2.88 bits per heavy atom. The number of ether oxygens (including phenoxy) is 1. The van der Waals surface area contributed by atoms with Crippen LogP contribution in [0.2, 0.25) is 0 Å². The fourth-order valence-corrected chi connectivity index (χ4v) is 5.50. The molecule has 0 radical (unpaired) electrons. The minimum Gasteiger partial charge on any atom is -0.434 e. The molecular formula is C26H24F2N4O2. The molecule has 34 heavy (non-hydrogen) atoms. The van der Waals surface area contributed by atoms with Crippen molar-refractivity contribution in [2.75, 3.05) is 13.6 Å². The van der Waals surface area contributed by atoms with Crippen molar-refractivity contribution in [3.8, 4) is 17.6 Å². The number of carbonyl (C=O) groups is 1. The first-order valence-corrected chi connectivity index (χ1v) is 11.6. The number of hydrogen-bond acceptors (Lipinski definition) is 4. The van der Waals surface area contributed by atoms with Gasteiger partial charge in [0.2, 0.25) is 0 Å². The highest BCUT2D eigenvalue weighted by Crippen LogP contribution is 2.49. The SMILES string of the molecule is CN1C(=O)c2cccc(OC(F)F)c2C2CC1c1nc3ccc(C#CC4CCCCN4)cc3n12. The van der Waals surface area contributed by atoms with E-state index in [1.54, 1.807) is 24.1 Å². The number of benzene rings is 2. The van der Waals surface area contributed by atoms with Gasteiger partial charge < -0.3 is 19.5 Å². The molecule has 174 valence electrons. The monoisotopic (exact) mass is 462 g/mol. The first-order chi connectivity index (χ1) is 16.5. The van der Waals surface area contributed by atoms with Gasteiger partial charge in [0.05, 0.1) is 29.2 Å². The minimum atomic E-state index is -2.98. The lowest BCUT2D eigenvalue weighted by molar-refractivity contribution is -0.0507. The zero-order chi connectivity index (χ0) is 23.4. The Balaban J connectivity index is 1.49. The Kier molecular flexibility index (Phi) is 5.03. The van der Waals surface area contributed by atoms with Crippen molar-refractivity contribution in [3.05, 3.63) is 58.9 Å². The number of amides is 1. The van der Waals surface area contributed by atoms with Crippen LogP contribution in [-0.4, -0.2) is 46.6 Å². The first kappa shape index (κ1) is 21.1.